The van der Waals surface area contributed by atoms with Crippen molar-refractivity contribution in [3.8, 4) is 0 Å². The fraction of sp³-hybridized carbons (Fsp3) is 0.182. The van der Waals surface area contributed by atoms with E-state index < -0.39 is 0 Å². The Hall–Kier alpha value is -1.49. The van der Waals surface area contributed by atoms with Crippen LogP contribution >= 0.6 is 15.9 Å². The Bertz CT molecular complexity index is 492. The van der Waals surface area contributed by atoms with Gasteiger partial charge in [-0.25, -0.2) is 0 Å². The van der Waals surface area contributed by atoms with Gasteiger partial charge in [-0.05, 0) is 40.2 Å². The Morgan fingerprint density at radius 2 is 2.25 bits per heavy atom. The lowest BCUT2D eigenvalue weighted by molar-refractivity contribution is 0.747. The van der Waals surface area contributed by atoms with Crippen LogP contribution in [-0.4, -0.2) is 9.78 Å². The number of rotatable bonds is 3. The van der Waals surface area contributed by atoms with E-state index in [9.17, 15) is 0 Å². The fourth-order valence-electron chi connectivity index (χ4n) is 1.42. The number of anilines is 2. The van der Waals surface area contributed by atoms with Crippen LogP contribution in [0.4, 0.5) is 11.4 Å². The van der Waals surface area contributed by atoms with Crippen molar-refractivity contribution < 1.29 is 0 Å². The highest BCUT2D eigenvalue weighted by Crippen LogP contribution is 2.24. The maximum Gasteiger partial charge on any atom is 0.0815 e. The van der Waals surface area contributed by atoms with Crippen molar-refractivity contribution in [2.45, 2.75) is 6.54 Å². The largest absolute Gasteiger partial charge is 0.399 e. The van der Waals surface area contributed by atoms with E-state index in [1.54, 1.807) is 4.68 Å². The average molecular weight is 281 g/mol. The van der Waals surface area contributed by atoms with E-state index in [0.717, 1.165) is 21.5 Å². The van der Waals surface area contributed by atoms with Crippen molar-refractivity contribution in [2.75, 3.05) is 11.1 Å². The molecule has 0 unspecified atom stereocenters. The molecular weight excluding hydrogens is 268 g/mol. The van der Waals surface area contributed by atoms with Gasteiger partial charge in [0, 0.05) is 29.1 Å². The number of nitrogen functional groups attached to an aromatic ring is 1. The molecule has 0 aliphatic heterocycles. The number of nitrogens with two attached hydrogens (primary N) is 1. The molecule has 0 amide bonds. The van der Waals surface area contributed by atoms with Gasteiger partial charge in [-0.3, -0.25) is 4.68 Å². The Kier molecular flexibility index (Phi) is 3.14. The fourth-order valence-corrected chi connectivity index (χ4v) is 1.95. The van der Waals surface area contributed by atoms with Crippen LogP contribution < -0.4 is 11.1 Å². The number of aromatic nitrogens is 2. The first kappa shape index (κ1) is 11.0. The molecule has 4 nitrogen and oxygen atoms in total. The van der Waals surface area contributed by atoms with E-state index in [4.69, 9.17) is 5.73 Å². The molecule has 0 bridgehead atoms. The van der Waals surface area contributed by atoms with Crippen molar-refractivity contribution in [1.82, 2.24) is 9.78 Å². The second-order valence-corrected chi connectivity index (χ2v) is 4.43. The van der Waals surface area contributed by atoms with Gasteiger partial charge in [0.1, 0.15) is 0 Å². The van der Waals surface area contributed by atoms with Crippen LogP contribution in [0.25, 0.3) is 0 Å². The molecule has 16 heavy (non-hydrogen) atoms. The number of benzene rings is 1. The monoisotopic (exact) mass is 280 g/mol. The van der Waals surface area contributed by atoms with Gasteiger partial charge >= 0.3 is 0 Å². The molecule has 5 heteroatoms. The number of aryl methyl sites for hydroxylation is 1. The number of halogens is 1. The Morgan fingerprint density at radius 1 is 1.44 bits per heavy atom. The lowest BCUT2D eigenvalue weighted by atomic mass is 10.3. The van der Waals surface area contributed by atoms with Gasteiger partial charge < -0.3 is 11.1 Å². The van der Waals surface area contributed by atoms with Crippen molar-refractivity contribution in [2.24, 2.45) is 7.05 Å². The van der Waals surface area contributed by atoms with Gasteiger partial charge in [-0.15, -0.1) is 0 Å². The standard InChI is InChI=1S/C11H13BrN4/c1-16-5-4-9(15-16)7-14-11-3-2-8(13)6-10(11)12/h2-6,14H,7,13H2,1H3. The first-order valence-corrected chi connectivity index (χ1v) is 5.72. The van der Waals surface area contributed by atoms with Gasteiger partial charge in [0.25, 0.3) is 0 Å². The molecule has 0 spiro atoms. The summed E-state index contributed by atoms with van der Waals surface area (Å²) in [6.45, 7) is 0.698. The van der Waals surface area contributed by atoms with E-state index in [-0.39, 0.29) is 0 Å². The molecule has 0 saturated heterocycles. The zero-order valence-corrected chi connectivity index (χ0v) is 10.5. The lowest BCUT2D eigenvalue weighted by Gasteiger charge is -2.07. The third-order valence-electron chi connectivity index (χ3n) is 2.22. The van der Waals surface area contributed by atoms with Crippen LogP contribution in [0.3, 0.4) is 0 Å². The summed E-state index contributed by atoms with van der Waals surface area (Å²) in [5.74, 6) is 0. The van der Waals surface area contributed by atoms with Crippen molar-refractivity contribution in [3.63, 3.8) is 0 Å². The Labute approximate surface area is 103 Å². The summed E-state index contributed by atoms with van der Waals surface area (Å²) in [6, 6.07) is 7.67. The number of nitrogens with one attached hydrogen (secondary N) is 1. The van der Waals surface area contributed by atoms with E-state index in [1.165, 1.54) is 0 Å². The van der Waals surface area contributed by atoms with E-state index in [0.29, 0.717) is 6.54 Å². The average Bonchev–Trinajstić information content (AvgIpc) is 2.63. The molecule has 1 aromatic carbocycles. The first-order chi connectivity index (χ1) is 7.65. The number of hydrogen-bond donors (Lipinski definition) is 2. The highest BCUT2D eigenvalue weighted by atomic mass is 79.9. The second-order valence-electron chi connectivity index (χ2n) is 3.57. The molecule has 0 fully saturated rings. The smallest absolute Gasteiger partial charge is 0.0815 e. The van der Waals surface area contributed by atoms with Crippen molar-refractivity contribution in [1.29, 1.82) is 0 Å². The third-order valence-corrected chi connectivity index (χ3v) is 2.88. The second kappa shape index (κ2) is 4.57. The molecule has 1 aromatic heterocycles. The predicted molar refractivity (Wildman–Crippen MR) is 69.1 cm³/mol. The van der Waals surface area contributed by atoms with Crippen molar-refractivity contribution >= 4 is 27.3 Å². The van der Waals surface area contributed by atoms with Gasteiger partial charge in [0.05, 0.1) is 12.2 Å². The minimum atomic E-state index is 0.698. The van der Waals surface area contributed by atoms with Gasteiger partial charge in [0.15, 0.2) is 0 Å². The van der Waals surface area contributed by atoms with Gasteiger partial charge in [-0.2, -0.15) is 5.10 Å². The molecule has 0 radical (unpaired) electrons. The molecule has 1 heterocycles. The highest BCUT2D eigenvalue weighted by molar-refractivity contribution is 9.10. The topological polar surface area (TPSA) is 55.9 Å². The first-order valence-electron chi connectivity index (χ1n) is 4.92. The summed E-state index contributed by atoms with van der Waals surface area (Å²) in [6.07, 6.45) is 1.93. The summed E-state index contributed by atoms with van der Waals surface area (Å²) >= 11 is 3.46. The molecule has 2 rings (SSSR count). The molecular formula is C11H13BrN4. The minimum absolute atomic E-state index is 0.698. The highest BCUT2D eigenvalue weighted by Gasteiger charge is 2.01. The zero-order chi connectivity index (χ0) is 11.5. The molecule has 2 aromatic rings. The maximum atomic E-state index is 5.66. The maximum absolute atomic E-state index is 5.66. The number of nitrogens with zero attached hydrogens (tertiary/aromatic N) is 2. The molecule has 0 atom stereocenters. The quantitative estimate of drug-likeness (QED) is 0.849. The van der Waals surface area contributed by atoms with Crippen molar-refractivity contribution in [3.05, 3.63) is 40.6 Å². The van der Waals surface area contributed by atoms with Crippen LogP contribution in [0, 0.1) is 0 Å². The Morgan fingerprint density at radius 3 is 2.88 bits per heavy atom. The van der Waals surface area contributed by atoms with Crippen LogP contribution in [-0.2, 0) is 13.6 Å². The SMILES string of the molecule is Cn1ccc(CNc2ccc(N)cc2Br)n1. The van der Waals surface area contributed by atoms with Gasteiger partial charge in [-0.1, -0.05) is 0 Å². The van der Waals surface area contributed by atoms with E-state index in [1.807, 2.05) is 37.5 Å². The van der Waals surface area contributed by atoms with Crippen LogP contribution in [0.2, 0.25) is 0 Å². The minimum Gasteiger partial charge on any atom is -0.399 e. The van der Waals surface area contributed by atoms with Crippen LogP contribution in [0.1, 0.15) is 5.69 Å². The number of hydrogen-bond acceptors (Lipinski definition) is 3. The summed E-state index contributed by atoms with van der Waals surface area (Å²) < 4.78 is 2.75. The third kappa shape index (κ3) is 2.55. The van der Waals surface area contributed by atoms with E-state index >= 15 is 0 Å². The summed E-state index contributed by atoms with van der Waals surface area (Å²) in [5.41, 5.74) is 8.43. The summed E-state index contributed by atoms with van der Waals surface area (Å²) in [7, 11) is 1.91. The summed E-state index contributed by atoms with van der Waals surface area (Å²) in [4.78, 5) is 0. The molecule has 84 valence electrons. The van der Waals surface area contributed by atoms with Gasteiger partial charge in [0.2, 0.25) is 0 Å². The summed E-state index contributed by atoms with van der Waals surface area (Å²) in [5, 5.41) is 7.58. The zero-order valence-electron chi connectivity index (χ0n) is 8.94. The molecule has 3 N–H and O–H groups in total. The molecule has 0 aliphatic carbocycles. The van der Waals surface area contributed by atoms with Crippen LogP contribution in [0.15, 0.2) is 34.9 Å². The normalized spacial score (nSPS) is 10.4. The van der Waals surface area contributed by atoms with E-state index in [2.05, 4.69) is 26.3 Å². The van der Waals surface area contributed by atoms with Crippen LogP contribution in [0.5, 0.6) is 0 Å². The lowest BCUT2D eigenvalue weighted by Crippen LogP contribution is -2.02. The Balaban J connectivity index is 2.04. The predicted octanol–water partition coefficient (Wildman–Crippen LogP) is 2.38. The molecule has 0 saturated carbocycles. The molecule has 0 aliphatic rings.